The molecular weight excluding hydrogens is 146 g/mol. The van der Waals surface area contributed by atoms with E-state index in [0.717, 1.165) is 6.42 Å². The fourth-order valence-corrected chi connectivity index (χ4v) is 1.53. The SMILES string of the molecule is CCCC(C)S/C(N)=N/N. The minimum atomic E-state index is 0.473. The van der Waals surface area contributed by atoms with Crippen molar-refractivity contribution in [1.29, 1.82) is 0 Å². The zero-order valence-corrected chi connectivity index (χ0v) is 7.32. The zero-order valence-electron chi connectivity index (χ0n) is 6.50. The Kier molecular flexibility index (Phi) is 5.20. The lowest BCUT2D eigenvalue weighted by Crippen LogP contribution is -2.13. The van der Waals surface area contributed by atoms with Gasteiger partial charge in [0.25, 0.3) is 0 Å². The molecule has 4 N–H and O–H groups in total. The molecule has 4 heteroatoms. The van der Waals surface area contributed by atoms with Crippen molar-refractivity contribution >= 4 is 16.9 Å². The first-order chi connectivity index (χ1) is 4.70. The molecule has 0 rings (SSSR count). The van der Waals surface area contributed by atoms with Crippen LogP contribution in [0.4, 0.5) is 0 Å². The smallest absolute Gasteiger partial charge is 0.177 e. The van der Waals surface area contributed by atoms with Crippen LogP contribution in [0.2, 0.25) is 0 Å². The van der Waals surface area contributed by atoms with Crippen molar-refractivity contribution in [3.05, 3.63) is 0 Å². The van der Waals surface area contributed by atoms with Gasteiger partial charge in [-0.05, 0) is 6.42 Å². The van der Waals surface area contributed by atoms with E-state index in [4.69, 9.17) is 11.6 Å². The molecule has 0 bridgehead atoms. The van der Waals surface area contributed by atoms with E-state index in [1.807, 2.05) is 0 Å². The average molecular weight is 161 g/mol. The Hall–Kier alpha value is -0.380. The summed E-state index contributed by atoms with van der Waals surface area (Å²) in [6.07, 6.45) is 2.33. The maximum absolute atomic E-state index is 5.39. The number of amidine groups is 1. The number of thioether (sulfide) groups is 1. The molecular formula is C6H15N3S. The van der Waals surface area contributed by atoms with Gasteiger partial charge < -0.3 is 11.6 Å². The first kappa shape index (κ1) is 9.62. The second kappa shape index (κ2) is 5.41. The molecule has 60 valence electrons. The van der Waals surface area contributed by atoms with E-state index in [0.29, 0.717) is 10.4 Å². The van der Waals surface area contributed by atoms with Crippen LogP contribution in [0.15, 0.2) is 5.10 Å². The van der Waals surface area contributed by atoms with Crippen LogP contribution in [-0.2, 0) is 0 Å². The lowest BCUT2D eigenvalue weighted by atomic mass is 10.3. The summed E-state index contributed by atoms with van der Waals surface area (Å²) in [5.41, 5.74) is 5.39. The first-order valence-electron chi connectivity index (χ1n) is 3.40. The summed E-state index contributed by atoms with van der Waals surface area (Å²) in [5.74, 6) is 4.96. The molecule has 0 saturated heterocycles. The molecule has 0 amide bonds. The Bertz CT molecular complexity index is 114. The van der Waals surface area contributed by atoms with Crippen molar-refractivity contribution in [2.24, 2.45) is 16.7 Å². The third-order valence-corrected chi connectivity index (χ3v) is 2.13. The summed E-state index contributed by atoms with van der Waals surface area (Å²) in [6, 6.07) is 0. The van der Waals surface area contributed by atoms with E-state index < -0.39 is 0 Å². The lowest BCUT2D eigenvalue weighted by Gasteiger charge is -2.06. The fraction of sp³-hybridized carbons (Fsp3) is 0.833. The highest BCUT2D eigenvalue weighted by Gasteiger charge is 2.02. The van der Waals surface area contributed by atoms with Crippen LogP contribution in [0.25, 0.3) is 0 Å². The Labute approximate surface area is 66.2 Å². The second-order valence-corrected chi connectivity index (χ2v) is 3.64. The van der Waals surface area contributed by atoms with Gasteiger partial charge in [0.2, 0.25) is 0 Å². The number of rotatable bonds is 3. The standard InChI is InChI=1S/C6H15N3S/c1-3-4-5(2)10-6(7)9-8/h5H,3-4,8H2,1-2H3,(H2,7,9). The molecule has 0 fully saturated rings. The van der Waals surface area contributed by atoms with Gasteiger partial charge in [0.15, 0.2) is 5.17 Å². The van der Waals surface area contributed by atoms with Gasteiger partial charge >= 0.3 is 0 Å². The molecule has 0 spiro atoms. The zero-order chi connectivity index (χ0) is 7.98. The molecule has 0 aliphatic carbocycles. The van der Waals surface area contributed by atoms with Crippen molar-refractivity contribution in [3.63, 3.8) is 0 Å². The monoisotopic (exact) mass is 161 g/mol. The van der Waals surface area contributed by atoms with Crippen LogP contribution in [0.1, 0.15) is 26.7 Å². The quantitative estimate of drug-likeness (QED) is 0.282. The molecule has 0 saturated carbocycles. The van der Waals surface area contributed by atoms with Gasteiger partial charge in [-0.2, -0.15) is 5.10 Å². The average Bonchev–Trinajstić information content (AvgIpc) is 1.88. The van der Waals surface area contributed by atoms with Crippen LogP contribution in [-0.4, -0.2) is 10.4 Å². The molecule has 3 nitrogen and oxygen atoms in total. The molecule has 0 aliphatic rings. The Morgan fingerprint density at radius 1 is 1.70 bits per heavy atom. The second-order valence-electron chi connectivity index (χ2n) is 2.18. The van der Waals surface area contributed by atoms with Gasteiger partial charge in [-0.3, -0.25) is 0 Å². The molecule has 0 aromatic carbocycles. The summed E-state index contributed by atoms with van der Waals surface area (Å²) in [4.78, 5) is 0. The number of hydrogen-bond acceptors (Lipinski definition) is 3. The van der Waals surface area contributed by atoms with E-state index in [9.17, 15) is 0 Å². The number of hydrogen-bond donors (Lipinski definition) is 2. The Morgan fingerprint density at radius 3 is 2.70 bits per heavy atom. The summed E-state index contributed by atoms with van der Waals surface area (Å²) < 4.78 is 0. The molecule has 10 heavy (non-hydrogen) atoms. The predicted octanol–water partition coefficient (Wildman–Crippen LogP) is 1.10. The summed E-state index contributed by atoms with van der Waals surface area (Å²) >= 11 is 1.53. The highest BCUT2D eigenvalue weighted by Crippen LogP contribution is 2.14. The molecule has 0 aliphatic heterocycles. The van der Waals surface area contributed by atoms with Crippen molar-refractivity contribution in [2.45, 2.75) is 31.9 Å². The maximum Gasteiger partial charge on any atom is 0.177 e. The lowest BCUT2D eigenvalue weighted by molar-refractivity contribution is 0.789. The maximum atomic E-state index is 5.39. The van der Waals surface area contributed by atoms with Gasteiger partial charge in [-0.25, -0.2) is 0 Å². The van der Waals surface area contributed by atoms with Crippen LogP contribution in [0.3, 0.4) is 0 Å². The highest BCUT2D eigenvalue weighted by atomic mass is 32.2. The summed E-state index contributed by atoms with van der Waals surface area (Å²) in [6.45, 7) is 4.26. The van der Waals surface area contributed by atoms with Crippen molar-refractivity contribution in [1.82, 2.24) is 0 Å². The molecule has 0 radical (unpaired) electrons. The number of hydrazone groups is 1. The normalized spacial score (nSPS) is 15.2. The summed E-state index contributed by atoms with van der Waals surface area (Å²) in [7, 11) is 0. The van der Waals surface area contributed by atoms with E-state index in [1.165, 1.54) is 18.2 Å². The van der Waals surface area contributed by atoms with E-state index in [-0.39, 0.29) is 0 Å². The van der Waals surface area contributed by atoms with E-state index in [2.05, 4.69) is 18.9 Å². The van der Waals surface area contributed by atoms with Crippen molar-refractivity contribution in [2.75, 3.05) is 0 Å². The first-order valence-corrected chi connectivity index (χ1v) is 4.28. The molecule has 0 heterocycles. The van der Waals surface area contributed by atoms with Crippen molar-refractivity contribution in [3.8, 4) is 0 Å². The van der Waals surface area contributed by atoms with E-state index >= 15 is 0 Å². The number of nitrogens with two attached hydrogens (primary N) is 2. The molecule has 0 aromatic rings. The van der Waals surface area contributed by atoms with Crippen molar-refractivity contribution < 1.29 is 0 Å². The van der Waals surface area contributed by atoms with Gasteiger partial charge in [0.05, 0.1) is 0 Å². The minimum Gasteiger partial charge on any atom is -0.377 e. The summed E-state index contributed by atoms with van der Waals surface area (Å²) in [5, 5.41) is 4.37. The highest BCUT2D eigenvalue weighted by molar-refractivity contribution is 8.14. The van der Waals surface area contributed by atoms with Crippen LogP contribution in [0.5, 0.6) is 0 Å². The molecule has 1 atom stereocenters. The van der Waals surface area contributed by atoms with Gasteiger partial charge in [-0.15, -0.1) is 0 Å². The topological polar surface area (TPSA) is 64.4 Å². The van der Waals surface area contributed by atoms with E-state index in [1.54, 1.807) is 0 Å². The van der Waals surface area contributed by atoms with Crippen LogP contribution >= 0.6 is 11.8 Å². The largest absolute Gasteiger partial charge is 0.377 e. The van der Waals surface area contributed by atoms with Gasteiger partial charge in [0, 0.05) is 5.25 Å². The molecule has 1 unspecified atom stereocenters. The van der Waals surface area contributed by atoms with Gasteiger partial charge in [-0.1, -0.05) is 32.0 Å². The fourth-order valence-electron chi connectivity index (χ4n) is 0.702. The van der Waals surface area contributed by atoms with Crippen LogP contribution in [0, 0.1) is 0 Å². The van der Waals surface area contributed by atoms with Crippen LogP contribution < -0.4 is 11.6 Å². The minimum absolute atomic E-state index is 0.473. The molecule has 0 aromatic heterocycles. The Morgan fingerprint density at radius 2 is 2.30 bits per heavy atom. The number of nitrogens with zero attached hydrogens (tertiary/aromatic N) is 1. The third kappa shape index (κ3) is 4.49. The van der Waals surface area contributed by atoms with Gasteiger partial charge in [0.1, 0.15) is 0 Å². The Balaban J connectivity index is 3.47. The third-order valence-electron chi connectivity index (χ3n) is 1.14. The predicted molar refractivity (Wildman–Crippen MR) is 47.8 cm³/mol.